The van der Waals surface area contributed by atoms with Gasteiger partial charge in [-0.1, -0.05) is 0 Å². The van der Waals surface area contributed by atoms with Crippen molar-refractivity contribution >= 4 is 11.8 Å². The molecule has 0 spiro atoms. The van der Waals surface area contributed by atoms with E-state index in [1.54, 1.807) is 0 Å². The minimum absolute atomic E-state index is 0.0295. The molecule has 2 saturated heterocycles. The highest BCUT2D eigenvalue weighted by Crippen LogP contribution is 2.32. The van der Waals surface area contributed by atoms with Gasteiger partial charge in [0.1, 0.15) is 0 Å². The fourth-order valence-electron chi connectivity index (χ4n) is 2.32. The Morgan fingerprint density at radius 2 is 1.69 bits per heavy atom. The van der Waals surface area contributed by atoms with E-state index in [-0.39, 0.29) is 23.7 Å². The number of nitrogens with zero attached hydrogens (tertiary/aromatic N) is 2. The molecule has 2 aliphatic rings. The summed E-state index contributed by atoms with van der Waals surface area (Å²) in [4.78, 5) is 26.7. The molecule has 2 amide bonds. The van der Waals surface area contributed by atoms with E-state index in [2.05, 4.69) is 4.90 Å². The molecule has 2 rings (SSSR count). The van der Waals surface area contributed by atoms with Crippen LogP contribution in [-0.4, -0.2) is 48.3 Å². The van der Waals surface area contributed by atoms with Gasteiger partial charge in [-0.15, -0.1) is 0 Å². The van der Waals surface area contributed by atoms with Crippen molar-refractivity contribution in [2.24, 2.45) is 11.8 Å². The zero-order valence-electron chi connectivity index (χ0n) is 7.99. The van der Waals surface area contributed by atoms with Crippen LogP contribution in [0, 0.1) is 11.8 Å². The predicted octanol–water partition coefficient (Wildman–Crippen LogP) is -0.447. The fraction of sp³-hybridized carbons (Fsp3) is 0.778. The highest BCUT2D eigenvalue weighted by Gasteiger charge is 2.50. The average molecular weight is 182 g/mol. The summed E-state index contributed by atoms with van der Waals surface area (Å²) in [6.07, 6.45) is 0. The normalized spacial score (nSPS) is 34.5. The van der Waals surface area contributed by atoms with Crippen LogP contribution in [0.2, 0.25) is 0 Å². The van der Waals surface area contributed by atoms with Gasteiger partial charge in [0.15, 0.2) is 0 Å². The molecular formula is C9H14N2O2. The van der Waals surface area contributed by atoms with Gasteiger partial charge in [0.05, 0.1) is 11.8 Å². The van der Waals surface area contributed by atoms with Gasteiger partial charge >= 0.3 is 0 Å². The van der Waals surface area contributed by atoms with Crippen LogP contribution in [0.1, 0.15) is 6.92 Å². The van der Waals surface area contributed by atoms with E-state index >= 15 is 0 Å². The molecule has 13 heavy (non-hydrogen) atoms. The van der Waals surface area contributed by atoms with E-state index in [9.17, 15) is 9.59 Å². The lowest BCUT2D eigenvalue weighted by molar-refractivity contribution is -0.140. The third-order valence-electron chi connectivity index (χ3n) is 2.99. The minimum Gasteiger partial charge on any atom is -0.305 e. The number of amides is 2. The summed E-state index contributed by atoms with van der Waals surface area (Å²) < 4.78 is 0. The lowest BCUT2D eigenvalue weighted by Crippen LogP contribution is -2.34. The van der Waals surface area contributed by atoms with Crippen LogP contribution in [0.3, 0.4) is 0 Å². The molecule has 0 N–H and O–H groups in total. The van der Waals surface area contributed by atoms with Crippen molar-refractivity contribution < 1.29 is 9.59 Å². The molecule has 0 aliphatic carbocycles. The number of hydrogen-bond donors (Lipinski definition) is 0. The molecule has 0 aromatic heterocycles. The number of fused-ring (bicyclic) bond motifs is 1. The Morgan fingerprint density at radius 1 is 1.23 bits per heavy atom. The van der Waals surface area contributed by atoms with Gasteiger partial charge in [0.2, 0.25) is 11.8 Å². The van der Waals surface area contributed by atoms with Gasteiger partial charge in [-0.3, -0.25) is 14.5 Å². The quantitative estimate of drug-likeness (QED) is 0.516. The largest absolute Gasteiger partial charge is 0.305 e. The van der Waals surface area contributed by atoms with Crippen molar-refractivity contribution in [3.63, 3.8) is 0 Å². The zero-order valence-corrected chi connectivity index (χ0v) is 7.99. The Hall–Kier alpha value is -0.900. The molecule has 0 aromatic rings. The first-order valence-corrected chi connectivity index (χ1v) is 4.69. The van der Waals surface area contributed by atoms with Crippen LogP contribution in [-0.2, 0) is 9.59 Å². The van der Waals surface area contributed by atoms with Crippen LogP contribution < -0.4 is 0 Å². The molecular weight excluding hydrogens is 168 g/mol. The first-order valence-electron chi connectivity index (χ1n) is 4.69. The standard InChI is InChI=1S/C9H14N2O2/c1-3-11-8(12)6-4-10(2)5-7(6)9(11)13/h6-7H,3-5H2,1-2H3/t6-,7+. The first kappa shape index (κ1) is 8.69. The molecule has 0 saturated carbocycles. The first-order chi connectivity index (χ1) is 6.15. The highest BCUT2D eigenvalue weighted by atomic mass is 16.2. The number of carbonyl (C=O) groups excluding carboxylic acids is 2. The van der Waals surface area contributed by atoms with Crippen molar-refractivity contribution in [3.8, 4) is 0 Å². The second kappa shape index (κ2) is 2.80. The average Bonchev–Trinajstić information content (AvgIpc) is 2.55. The van der Waals surface area contributed by atoms with Crippen LogP contribution in [0.5, 0.6) is 0 Å². The fourth-order valence-corrected chi connectivity index (χ4v) is 2.32. The van der Waals surface area contributed by atoms with Gasteiger partial charge < -0.3 is 4.90 Å². The van der Waals surface area contributed by atoms with E-state index < -0.39 is 0 Å². The van der Waals surface area contributed by atoms with Gasteiger partial charge in [-0.25, -0.2) is 0 Å². The van der Waals surface area contributed by atoms with Crippen molar-refractivity contribution in [2.45, 2.75) is 6.92 Å². The maximum absolute atomic E-state index is 11.7. The van der Waals surface area contributed by atoms with E-state index in [0.717, 1.165) is 13.1 Å². The van der Waals surface area contributed by atoms with Gasteiger partial charge in [0.25, 0.3) is 0 Å². The molecule has 2 heterocycles. The van der Waals surface area contributed by atoms with Crippen molar-refractivity contribution in [3.05, 3.63) is 0 Å². The SMILES string of the molecule is CCN1C(=O)[C@H]2CN(C)C[C@H]2C1=O. The Morgan fingerprint density at radius 3 is 2.08 bits per heavy atom. The summed E-state index contributed by atoms with van der Waals surface area (Å²) in [6, 6.07) is 0. The number of likely N-dealkylation sites (tertiary alicyclic amines) is 2. The van der Waals surface area contributed by atoms with E-state index in [4.69, 9.17) is 0 Å². The molecule has 0 bridgehead atoms. The second-order valence-corrected chi connectivity index (χ2v) is 3.85. The molecule has 2 fully saturated rings. The Bertz CT molecular complexity index is 240. The predicted molar refractivity (Wildman–Crippen MR) is 46.9 cm³/mol. The second-order valence-electron chi connectivity index (χ2n) is 3.85. The van der Waals surface area contributed by atoms with Gasteiger partial charge in [-0.05, 0) is 14.0 Å². The third kappa shape index (κ3) is 1.09. The molecule has 72 valence electrons. The van der Waals surface area contributed by atoms with Crippen LogP contribution in [0.15, 0.2) is 0 Å². The number of rotatable bonds is 1. The summed E-state index contributed by atoms with van der Waals surface area (Å²) in [5.41, 5.74) is 0. The number of hydrogen-bond acceptors (Lipinski definition) is 3. The molecule has 0 unspecified atom stereocenters. The maximum atomic E-state index is 11.7. The van der Waals surface area contributed by atoms with Crippen LogP contribution in [0.4, 0.5) is 0 Å². The highest BCUT2D eigenvalue weighted by molar-refractivity contribution is 6.05. The Balaban J connectivity index is 2.23. The molecule has 2 aliphatic heterocycles. The summed E-state index contributed by atoms with van der Waals surface area (Å²) in [5, 5.41) is 0. The Labute approximate surface area is 77.5 Å². The van der Waals surface area contributed by atoms with Crippen molar-refractivity contribution in [1.29, 1.82) is 0 Å². The Kier molecular flexibility index (Phi) is 1.87. The lowest BCUT2D eigenvalue weighted by Gasteiger charge is -2.15. The van der Waals surface area contributed by atoms with E-state index in [1.807, 2.05) is 14.0 Å². The molecule has 4 heteroatoms. The smallest absolute Gasteiger partial charge is 0.234 e. The monoisotopic (exact) mass is 182 g/mol. The van der Waals surface area contributed by atoms with E-state index in [0.29, 0.717) is 6.54 Å². The molecule has 0 radical (unpaired) electrons. The van der Waals surface area contributed by atoms with Crippen molar-refractivity contribution in [2.75, 3.05) is 26.7 Å². The summed E-state index contributed by atoms with van der Waals surface area (Å²) in [5.74, 6) is -0.0569. The zero-order chi connectivity index (χ0) is 9.59. The maximum Gasteiger partial charge on any atom is 0.234 e. The van der Waals surface area contributed by atoms with Gasteiger partial charge in [-0.2, -0.15) is 0 Å². The number of carbonyl (C=O) groups is 2. The number of imide groups is 1. The van der Waals surface area contributed by atoms with Crippen molar-refractivity contribution in [1.82, 2.24) is 9.80 Å². The third-order valence-corrected chi connectivity index (χ3v) is 2.99. The summed E-state index contributed by atoms with van der Waals surface area (Å²) >= 11 is 0. The van der Waals surface area contributed by atoms with Crippen LogP contribution >= 0.6 is 0 Å². The molecule has 2 atom stereocenters. The van der Waals surface area contributed by atoms with Crippen LogP contribution in [0.25, 0.3) is 0 Å². The summed E-state index contributed by atoms with van der Waals surface area (Å²) in [6.45, 7) is 3.85. The summed E-state index contributed by atoms with van der Waals surface area (Å²) in [7, 11) is 1.95. The van der Waals surface area contributed by atoms with Gasteiger partial charge in [0, 0.05) is 19.6 Å². The topological polar surface area (TPSA) is 40.6 Å². The molecule has 0 aromatic carbocycles. The minimum atomic E-state index is -0.0579. The van der Waals surface area contributed by atoms with E-state index in [1.165, 1.54) is 4.90 Å². The lowest BCUT2D eigenvalue weighted by atomic mass is 10.00. The molecule has 4 nitrogen and oxygen atoms in total.